The van der Waals surface area contributed by atoms with E-state index in [9.17, 15) is 0 Å². The normalized spacial score (nSPS) is 10.3. The molecule has 0 aliphatic rings. The number of hydrogen-bond acceptors (Lipinski definition) is 4. The summed E-state index contributed by atoms with van der Waals surface area (Å²) in [6.45, 7) is 5.48. The zero-order valence-electron chi connectivity index (χ0n) is 15.6. The van der Waals surface area contributed by atoms with Crippen molar-refractivity contribution in [3.8, 4) is 11.5 Å². The summed E-state index contributed by atoms with van der Waals surface area (Å²) in [6, 6.07) is 3.42. The second kappa shape index (κ2) is 14.6. The lowest BCUT2D eigenvalue weighted by Crippen LogP contribution is -2.00. The van der Waals surface area contributed by atoms with E-state index >= 15 is 0 Å². The third-order valence-corrected chi connectivity index (χ3v) is 4.54. The SMILES string of the molecule is CC(C)=NOCCCCCCCOc1c(Cl)cc(OCC=C(Br)Br)cc1Cl. The molecule has 1 aromatic carbocycles. The predicted molar refractivity (Wildman–Crippen MR) is 121 cm³/mol. The Bertz CT molecular complexity index is 608. The summed E-state index contributed by atoms with van der Waals surface area (Å²) < 4.78 is 12.1. The van der Waals surface area contributed by atoms with Gasteiger partial charge in [0.2, 0.25) is 0 Å². The lowest BCUT2D eigenvalue weighted by molar-refractivity contribution is 0.139. The molecule has 0 amide bonds. The minimum atomic E-state index is 0.397. The molecule has 0 spiro atoms. The lowest BCUT2D eigenvalue weighted by Gasteiger charge is -2.12. The van der Waals surface area contributed by atoms with Gasteiger partial charge in [-0.15, -0.1) is 0 Å². The number of nitrogens with zero attached hydrogens (tertiary/aromatic N) is 1. The topological polar surface area (TPSA) is 40.0 Å². The van der Waals surface area contributed by atoms with Crippen molar-refractivity contribution in [2.45, 2.75) is 46.0 Å². The molecule has 0 saturated carbocycles. The van der Waals surface area contributed by atoms with Gasteiger partial charge in [0.25, 0.3) is 0 Å². The Kier molecular flexibility index (Phi) is 13.3. The van der Waals surface area contributed by atoms with Crippen LogP contribution in [0.1, 0.15) is 46.0 Å². The molecule has 0 saturated heterocycles. The van der Waals surface area contributed by atoms with Gasteiger partial charge < -0.3 is 14.3 Å². The second-order valence-corrected chi connectivity index (χ2v) is 9.60. The van der Waals surface area contributed by atoms with Crippen molar-refractivity contribution in [3.05, 3.63) is 31.6 Å². The molecule has 0 aliphatic carbocycles. The minimum absolute atomic E-state index is 0.397. The van der Waals surface area contributed by atoms with E-state index in [1.54, 1.807) is 12.1 Å². The quantitative estimate of drug-likeness (QED) is 0.144. The molecule has 0 radical (unpaired) electrons. The summed E-state index contributed by atoms with van der Waals surface area (Å²) in [6.07, 6.45) is 7.12. The van der Waals surface area contributed by atoms with Crippen LogP contribution in [-0.2, 0) is 4.84 Å². The third kappa shape index (κ3) is 11.9. The number of benzene rings is 1. The fraction of sp³-hybridized carbons (Fsp3) is 0.526. The maximum atomic E-state index is 6.26. The Morgan fingerprint density at radius 1 is 0.963 bits per heavy atom. The number of hydrogen-bond donors (Lipinski definition) is 0. The van der Waals surface area contributed by atoms with Crippen molar-refractivity contribution in [2.75, 3.05) is 19.8 Å². The molecule has 0 bridgehead atoms. The Labute approximate surface area is 188 Å². The number of oxime groups is 1. The third-order valence-electron chi connectivity index (χ3n) is 3.33. The molecule has 1 aromatic rings. The first-order valence-corrected chi connectivity index (χ1v) is 11.1. The molecule has 152 valence electrons. The van der Waals surface area contributed by atoms with E-state index in [0.29, 0.717) is 41.4 Å². The van der Waals surface area contributed by atoms with Gasteiger partial charge in [-0.25, -0.2) is 0 Å². The van der Waals surface area contributed by atoms with Gasteiger partial charge in [-0.2, -0.15) is 0 Å². The first-order chi connectivity index (χ1) is 12.9. The highest BCUT2D eigenvalue weighted by Crippen LogP contribution is 2.37. The highest BCUT2D eigenvalue weighted by Gasteiger charge is 2.10. The van der Waals surface area contributed by atoms with Crippen LogP contribution >= 0.6 is 55.1 Å². The van der Waals surface area contributed by atoms with Crippen LogP contribution in [0.15, 0.2) is 26.8 Å². The Hall–Kier alpha value is -0.430. The van der Waals surface area contributed by atoms with Crippen molar-refractivity contribution < 1.29 is 14.3 Å². The second-order valence-electron chi connectivity index (χ2n) is 6.01. The molecule has 1 rings (SSSR count). The minimum Gasteiger partial charge on any atom is -0.490 e. The molecule has 0 heterocycles. The summed E-state index contributed by atoms with van der Waals surface area (Å²) in [4.78, 5) is 5.17. The molecule has 4 nitrogen and oxygen atoms in total. The fourth-order valence-corrected chi connectivity index (χ4v) is 2.95. The van der Waals surface area contributed by atoms with Gasteiger partial charge in [-0.3, -0.25) is 0 Å². The number of unbranched alkanes of at least 4 members (excludes halogenated alkanes) is 4. The van der Waals surface area contributed by atoms with Gasteiger partial charge >= 0.3 is 0 Å². The van der Waals surface area contributed by atoms with Crippen LogP contribution < -0.4 is 9.47 Å². The van der Waals surface area contributed by atoms with Crippen molar-refractivity contribution in [1.29, 1.82) is 0 Å². The van der Waals surface area contributed by atoms with Crippen LogP contribution in [0.25, 0.3) is 0 Å². The van der Waals surface area contributed by atoms with Crippen LogP contribution in [0.5, 0.6) is 11.5 Å². The summed E-state index contributed by atoms with van der Waals surface area (Å²) in [5.41, 5.74) is 0.938. The van der Waals surface area contributed by atoms with Gasteiger partial charge in [-0.1, -0.05) is 41.2 Å². The largest absolute Gasteiger partial charge is 0.490 e. The van der Waals surface area contributed by atoms with Gasteiger partial charge in [0, 0.05) is 12.1 Å². The number of halogens is 4. The van der Waals surface area contributed by atoms with E-state index in [1.807, 2.05) is 19.9 Å². The first-order valence-electron chi connectivity index (χ1n) is 8.79. The summed E-state index contributed by atoms with van der Waals surface area (Å²) in [5.74, 6) is 1.10. The predicted octanol–water partition coefficient (Wildman–Crippen LogP) is 7.75. The zero-order chi connectivity index (χ0) is 20.1. The molecule has 0 N–H and O–H groups in total. The molecule has 0 aliphatic heterocycles. The number of ether oxygens (including phenoxy) is 2. The van der Waals surface area contributed by atoms with Crippen LogP contribution in [-0.4, -0.2) is 25.5 Å². The first kappa shape index (κ1) is 24.6. The molecular weight excluding hydrogens is 521 g/mol. The van der Waals surface area contributed by atoms with Crippen molar-refractivity contribution >= 4 is 60.8 Å². The Morgan fingerprint density at radius 2 is 1.56 bits per heavy atom. The summed E-state index contributed by atoms with van der Waals surface area (Å²) >= 11 is 19.1. The summed E-state index contributed by atoms with van der Waals surface area (Å²) in [7, 11) is 0. The van der Waals surface area contributed by atoms with Crippen LogP contribution in [0.2, 0.25) is 10.0 Å². The zero-order valence-corrected chi connectivity index (χ0v) is 20.3. The Balaban J connectivity index is 2.24. The molecule has 0 fully saturated rings. The van der Waals surface area contributed by atoms with E-state index in [2.05, 4.69) is 37.0 Å². The lowest BCUT2D eigenvalue weighted by atomic mass is 10.1. The maximum absolute atomic E-state index is 6.26. The molecular formula is C19H25Br2Cl2NO3. The molecule has 8 heteroatoms. The van der Waals surface area contributed by atoms with E-state index in [-0.39, 0.29) is 0 Å². The van der Waals surface area contributed by atoms with Crippen LogP contribution in [0.4, 0.5) is 0 Å². The van der Waals surface area contributed by atoms with Crippen molar-refractivity contribution in [1.82, 2.24) is 0 Å². The molecule has 27 heavy (non-hydrogen) atoms. The summed E-state index contributed by atoms with van der Waals surface area (Å²) in [5, 5.41) is 4.80. The molecule has 0 atom stereocenters. The Morgan fingerprint density at radius 3 is 2.15 bits per heavy atom. The molecule has 0 aromatic heterocycles. The standard InChI is InChI=1S/C19H25Br2Cl2NO3/c1-14(2)24-27-10-7-5-3-4-6-9-26-19-16(22)12-15(13-17(19)23)25-11-8-18(20)21/h8,12-13H,3-7,9-11H2,1-2H3. The number of rotatable bonds is 13. The fourth-order valence-electron chi connectivity index (χ4n) is 2.11. The van der Waals surface area contributed by atoms with Crippen molar-refractivity contribution in [2.24, 2.45) is 5.16 Å². The average molecular weight is 546 g/mol. The average Bonchev–Trinajstić information content (AvgIpc) is 2.58. The van der Waals surface area contributed by atoms with Gasteiger partial charge in [0.15, 0.2) is 5.75 Å². The highest BCUT2D eigenvalue weighted by atomic mass is 79.9. The van der Waals surface area contributed by atoms with Crippen molar-refractivity contribution in [3.63, 3.8) is 0 Å². The van der Waals surface area contributed by atoms with E-state index in [1.165, 1.54) is 0 Å². The van der Waals surface area contributed by atoms with Gasteiger partial charge in [0.1, 0.15) is 19.0 Å². The van der Waals surface area contributed by atoms with Crippen LogP contribution in [0.3, 0.4) is 0 Å². The maximum Gasteiger partial charge on any atom is 0.156 e. The van der Waals surface area contributed by atoms with Gasteiger partial charge in [-0.05, 0) is 71.0 Å². The molecule has 0 unspecified atom stereocenters. The van der Waals surface area contributed by atoms with E-state index in [4.69, 9.17) is 37.5 Å². The van der Waals surface area contributed by atoms with Gasteiger partial charge in [0.05, 0.1) is 25.8 Å². The van der Waals surface area contributed by atoms with E-state index < -0.39 is 0 Å². The highest BCUT2D eigenvalue weighted by molar-refractivity contribution is 9.28. The smallest absolute Gasteiger partial charge is 0.156 e. The van der Waals surface area contributed by atoms with Crippen LogP contribution in [0, 0.1) is 0 Å². The van der Waals surface area contributed by atoms with E-state index in [0.717, 1.165) is 41.2 Å². The monoisotopic (exact) mass is 543 g/mol.